The maximum absolute atomic E-state index is 14.6. The van der Waals surface area contributed by atoms with Crippen LogP contribution in [-0.2, 0) is 55.8 Å². The first kappa shape index (κ1) is 60.3. The van der Waals surface area contributed by atoms with Crippen molar-refractivity contribution in [2.45, 2.75) is 211 Å². The molecule has 3 saturated heterocycles. The van der Waals surface area contributed by atoms with Gasteiger partial charge in [-0.1, -0.05) is 61.5 Å². The number of rotatable bonds is 14. The number of ketones is 1. The molecule has 6 heterocycles. The summed E-state index contributed by atoms with van der Waals surface area (Å²) >= 11 is 0. The predicted molar refractivity (Wildman–Crippen MR) is 286 cm³/mol. The van der Waals surface area contributed by atoms with Gasteiger partial charge in [0, 0.05) is 82.5 Å². The third-order valence-electron chi connectivity index (χ3n) is 16.8. The fourth-order valence-electron chi connectivity index (χ4n) is 12.0. The zero-order valence-corrected chi connectivity index (χ0v) is 47.5. The summed E-state index contributed by atoms with van der Waals surface area (Å²) in [5.41, 5.74) is 0.204. The van der Waals surface area contributed by atoms with Gasteiger partial charge in [-0.2, -0.15) is 0 Å². The first-order chi connectivity index (χ1) is 36.3. The minimum atomic E-state index is -1.85. The summed E-state index contributed by atoms with van der Waals surface area (Å²) in [5.74, 6) is -3.17. The van der Waals surface area contributed by atoms with E-state index in [9.17, 15) is 30.0 Å². The van der Waals surface area contributed by atoms with Crippen LogP contribution in [0.1, 0.15) is 119 Å². The monoisotopic (exact) mass is 1080 g/mol. The van der Waals surface area contributed by atoms with E-state index in [2.05, 4.69) is 37.5 Å². The molecule has 3 aromatic rings. The van der Waals surface area contributed by atoms with Crippen LogP contribution in [0.2, 0.25) is 0 Å². The van der Waals surface area contributed by atoms with Crippen molar-refractivity contribution in [3.8, 4) is 11.1 Å². The second-order valence-electron chi connectivity index (χ2n) is 23.4. The molecular formula is C57H87N7O13. The van der Waals surface area contributed by atoms with Crippen LogP contribution < -0.4 is 0 Å². The molecule has 428 valence electrons. The molecule has 0 aliphatic carbocycles. The van der Waals surface area contributed by atoms with Gasteiger partial charge >= 0.3 is 5.97 Å². The van der Waals surface area contributed by atoms with Gasteiger partial charge in [0.1, 0.15) is 23.9 Å². The number of benzene rings is 1. The van der Waals surface area contributed by atoms with Gasteiger partial charge in [0.2, 0.25) is 6.29 Å². The van der Waals surface area contributed by atoms with E-state index in [1.54, 1.807) is 59.3 Å². The van der Waals surface area contributed by atoms with Gasteiger partial charge < -0.3 is 63.5 Å². The van der Waals surface area contributed by atoms with Gasteiger partial charge in [-0.05, 0) is 110 Å². The van der Waals surface area contributed by atoms with Crippen LogP contribution >= 0.6 is 0 Å². The number of carbonyl (C=O) groups excluding carboxylic acids is 2. The average Bonchev–Trinajstić information content (AvgIpc) is 4.03. The Morgan fingerprint density at radius 2 is 1.62 bits per heavy atom. The molecule has 0 saturated carbocycles. The van der Waals surface area contributed by atoms with Crippen molar-refractivity contribution >= 4 is 17.5 Å². The van der Waals surface area contributed by atoms with Crippen LogP contribution in [0, 0.1) is 17.8 Å². The molecule has 20 nitrogen and oxygen atoms in total. The number of cyclic esters (lactones) is 1. The van der Waals surface area contributed by atoms with Crippen molar-refractivity contribution in [3.63, 3.8) is 0 Å². The third-order valence-corrected chi connectivity index (χ3v) is 16.8. The van der Waals surface area contributed by atoms with Gasteiger partial charge in [0.25, 0.3) is 0 Å². The van der Waals surface area contributed by atoms with Crippen molar-refractivity contribution in [2.24, 2.45) is 22.9 Å². The van der Waals surface area contributed by atoms with Crippen LogP contribution in [0.3, 0.4) is 0 Å². The summed E-state index contributed by atoms with van der Waals surface area (Å²) in [6, 6.07) is 11.4. The summed E-state index contributed by atoms with van der Waals surface area (Å²) < 4.78 is 40.0. The highest BCUT2D eigenvalue weighted by atomic mass is 16.7. The van der Waals surface area contributed by atoms with E-state index in [1.807, 2.05) is 69.5 Å². The second kappa shape index (κ2) is 25.4. The number of oxime groups is 1. The first-order valence-electron chi connectivity index (χ1n) is 27.6. The molecule has 77 heavy (non-hydrogen) atoms. The number of aromatic nitrogens is 4. The Morgan fingerprint density at radius 3 is 2.30 bits per heavy atom. The number of ether oxygens (including phenoxy) is 6. The summed E-state index contributed by atoms with van der Waals surface area (Å²) in [6.45, 7) is 18.9. The molecule has 4 aliphatic heterocycles. The zero-order chi connectivity index (χ0) is 56.1. The van der Waals surface area contributed by atoms with Crippen LogP contribution in [0.5, 0.6) is 0 Å². The molecule has 3 fully saturated rings. The fourth-order valence-corrected chi connectivity index (χ4v) is 12.0. The van der Waals surface area contributed by atoms with Gasteiger partial charge in [-0.15, -0.1) is 5.10 Å². The zero-order valence-electron chi connectivity index (χ0n) is 47.5. The predicted octanol–water partition coefficient (Wildman–Crippen LogP) is 4.96. The number of nitrogens with zero attached hydrogens (tertiary/aromatic N) is 7. The third kappa shape index (κ3) is 14.4. The number of hydrogen-bond acceptors (Lipinski definition) is 19. The summed E-state index contributed by atoms with van der Waals surface area (Å²) in [4.78, 5) is 43.1. The topological polar surface area (TPSA) is 242 Å². The Bertz CT molecular complexity index is 2430. The number of aliphatic hydroxyl groups is 4. The molecule has 4 aliphatic rings. The smallest absolute Gasteiger partial charge is 0.311 e. The van der Waals surface area contributed by atoms with Crippen molar-refractivity contribution < 1.29 is 63.3 Å². The lowest BCUT2D eigenvalue weighted by Crippen LogP contribution is -2.59. The molecule has 0 unspecified atom stereocenters. The normalized spacial score (nSPS) is 38.3. The van der Waals surface area contributed by atoms with E-state index in [0.717, 1.165) is 28.1 Å². The quantitative estimate of drug-likeness (QED) is 0.156. The summed E-state index contributed by atoms with van der Waals surface area (Å²) in [6.07, 6.45) is -1.64. The Kier molecular flexibility index (Phi) is 19.9. The van der Waals surface area contributed by atoms with Crippen LogP contribution in [0.4, 0.5) is 0 Å². The highest BCUT2D eigenvalue weighted by molar-refractivity contribution is 6.01. The largest absolute Gasteiger partial charge is 0.459 e. The molecule has 4 N–H and O–H groups in total. The molecular weight excluding hydrogens is 991 g/mol. The van der Waals surface area contributed by atoms with Crippen molar-refractivity contribution in [2.75, 3.05) is 34.3 Å². The van der Waals surface area contributed by atoms with E-state index >= 15 is 0 Å². The minimum absolute atomic E-state index is 0.0905. The lowest BCUT2D eigenvalue weighted by Gasteiger charge is -2.47. The van der Waals surface area contributed by atoms with E-state index in [0.29, 0.717) is 38.9 Å². The van der Waals surface area contributed by atoms with Crippen molar-refractivity contribution in [1.29, 1.82) is 0 Å². The van der Waals surface area contributed by atoms with Crippen LogP contribution in [-0.4, -0.2) is 192 Å². The van der Waals surface area contributed by atoms with Crippen molar-refractivity contribution in [3.05, 3.63) is 66.2 Å². The van der Waals surface area contributed by atoms with Crippen molar-refractivity contribution in [1.82, 2.24) is 29.8 Å². The maximum Gasteiger partial charge on any atom is 0.311 e. The lowest BCUT2D eigenvalue weighted by atomic mass is 9.77. The van der Waals surface area contributed by atoms with Gasteiger partial charge in [-0.3, -0.25) is 14.6 Å². The molecule has 7 rings (SSSR count). The summed E-state index contributed by atoms with van der Waals surface area (Å²) in [7, 11) is 5.31. The molecule has 0 radical (unpaired) electrons. The van der Waals surface area contributed by atoms with Gasteiger partial charge in [-0.25, -0.2) is 4.68 Å². The van der Waals surface area contributed by atoms with Gasteiger partial charge in [0.05, 0.1) is 59.5 Å². The minimum Gasteiger partial charge on any atom is -0.459 e. The molecule has 0 spiro atoms. The SMILES string of the molecule is CC[C@H]1OC(=O)[C@H](C)[C@@H](O[C@H]2C[C@@](C)(OC)[C@@H](O)[C@H](C)O2)[C@H](C)[C@@H](O[C@@H]2O[C@H](C)C[C@H](N(C)CCc3cn(C[C@H]4CC(c5ccc(-c6cccnc6)cc5)=NO4)nn3)CC2=O)[C@](C)(O)C[C@@H](C)CN(C)[C@H](C)[C@@H](O)[C@]1(C)O. The van der Waals surface area contributed by atoms with E-state index in [1.165, 1.54) is 14.0 Å². The number of hydrogen-bond donors (Lipinski definition) is 4. The van der Waals surface area contributed by atoms with E-state index in [-0.39, 0.29) is 49.5 Å². The second-order valence-corrected chi connectivity index (χ2v) is 23.4. The molecule has 0 amide bonds. The Balaban J connectivity index is 1.05. The molecule has 1 aromatic carbocycles. The number of Topliss-reactive ketones (excluding diaryl/α,β-unsaturated/α-hetero) is 1. The number of methoxy groups -OCH3 is 1. The van der Waals surface area contributed by atoms with Crippen LogP contribution in [0.15, 0.2) is 60.1 Å². The number of pyridine rings is 1. The van der Waals surface area contributed by atoms with Gasteiger partial charge in [0.15, 0.2) is 18.2 Å². The molecule has 2 aromatic heterocycles. The molecule has 18 atom stereocenters. The number of aliphatic hydroxyl groups excluding tert-OH is 2. The number of esters is 1. The molecule has 0 bridgehead atoms. The molecule has 20 heteroatoms. The van der Waals surface area contributed by atoms with E-state index in [4.69, 9.17) is 33.3 Å². The highest BCUT2D eigenvalue weighted by Gasteiger charge is 2.52. The van der Waals surface area contributed by atoms with E-state index < -0.39 is 96.0 Å². The number of likely N-dealkylation sites (N-methyl/N-ethyl adjacent to an activating group) is 2. The highest BCUT2D eigenvalue weighted by Crippen LogP contribution is 2.40. The summed E-state index contributed by atoms with van der Waals surface area (Å²) in [5, 5.41) is 60.7. The van der Waals surface area contributed by atoms with Crippen LogP contribution in [0.25, 0.3) is 11.1 Å². The Morgan fingerprint density at radius 1 is 0.909 bits per heavy atom. The lowest BCUT2D eigenvalue weighted by molar-refractivity contribution is -0.304. The Labute approximate surface area is 454 Å². The Hall–Kier alpha value is -4.32. The average molecular weight is 1080 g/mol. The standard InChI is InChI=1S/C57H87N7O13/c1-14-47-57(10,70)50(66)37(6)63(12)30-33(2)27-55(8,69)52(35(4)49(36(5)53(68)74-47)75-48-28-56(9,71-13)51(67)38(7)73-48)76-54-46(65)25-43(24-34(3)72-54)62(11)23-21-42-31-64(61-59-42)32-44-26-45(60-77-44)40-19-17-39(18-20-40)41-16-15-22-58-29-41/h15-20,22,29,31,33-38,43-44,47-52,54,66-67,69-70H,14,21,23-28,30,32H2,1-13H3/t33-,34-,35+,36-,37-,38+,43+,44-,47-,48+,49+,50-,51+,52-,54+,55-,56-,57-/m1/s1. The first-order valence-corrected chi connectivity index (χ1v) is 27.6. The number of carbonyl (C=O) groups is 2. The maximum atomic E-state index is 14.6. The fraction of sp³-hybridized carbons (Fsp3) is 0.719.